The molecule has 0 unspecified atom stereocenters. The van der Waals surface area contributed by atoms with Crippen molar-refractivity contribution < 1.29 is 34.9 Å². The van der Waals surface area contributed by atoms with Crippen molar-refractivity contribution in [3.05, 3.63) is 47.2 Å². The molecular formula is C31H43BrN9O6+. The summed E-state index contributed by atoms with van der Waals surface area (Å²) in [7, 11) is 0. The third-order valence-corrected chi connectivity index (χ3v) is 9.29. The molecule has 0 radical (unpaired) electrons. The van der Waals surface area contributed by atoms with E-state index < -0.39 is 31.0 Å². The van der Waals surface area contributed by atoms with Crippen LogP contribution < -0.4 is 15.2 Å². The van der Waals surface area contributed by atoms with Crippen LogP contribution in [0.5, 0.6) is 0 Å². The molecule has 7 N–H and O–H groups in total. The van der Waals surface area contributed by atoms with Gasteiger partial charge in [-0.05, 0) is 66.4 Å². The number of fused-ring (bicyclic) bond motifs is 1. The van der Waals surface area contributed by atoms with Crippen molar-refractivity contribution in [2.24, 2.45) is 0 Å². The fourth-order valence-corrected chi connectivity index (χ4v) is 6.60. The van der Waals surface area contributed by atoms with Gasteiger partial charge in [0.25, 0.3) is 5.82 Å². The zero-order valence-electron chi connectivity index (χ0n) is 26.5. The maximum atomic E-state index is 12.2. The maximum absolute atomic E-state index is 12.2. The van der Waals surface area contributed by atoms with E-state index in [9.17, 15) is 25.2 Å². The lowest BCUT2D eigenvalue weighted by atomic mass is 10.0. The summed E-state index contributed by atoms with van der Waals surface area (Å²) in [6.45, 7) is 6.51. The van der Waals surface area contributed by atoms with Gasteiger partial charge in [0.15, 0.2) is 22.7 Å². The Balaban J connectivity index is 1.31. The molecule has 0 saturated carbocycles. The SMILES string of the molecule is CCn1c(CN(C=O)c2nc(Br)cnc2N)[n+](CC)c2ccc(-c3cnn(C4CCN(C[C@H](O)[C@@H](O)[C@H](O)[C@H](O)CO)CC4)c3)cc21. The number of nitrogens with zero attached hydrogens (tertiary/aromatic N) is 8. The van der Waals surface area contributed by atoms with Gasteiger partial charge in [0.1, 0.15) is 29.5 Å². The largest absolute Gasteiger partial charge is 0.394 e. The van der Waals surface area contributed by atoms with Crippen LogP contribution in [0, 0.1) is 0 Å². The Morgan fingerprint density at radius 2 is 1.83 bits per heavy atom. The lowest BCUT2D eigenvalue weighted by Crippen LogP contribution is -2.50. The van der Waals surface area contributed by atoms with Gasteiger partial charge in [0.2, 0.25) is 6.41 Å². The van der Waals surface area contributed by atoms with Crippen LogP contribution in [0.1, 0.15) is 38.6 Å². The standard InChI is InChI=1S/C31H43BrN9O6/c1-3-39-22-6-5-19(11-23(22)40(4-2)27(39)16-38(18-43)31-30(33)34-13-26(32)36-31)20-12-35-41(14-20)21-7-9-37(10-8-21)15-24(44)28(46)29(47)25(45)17-42/h5-6,11-14,18,21,24-25,28-29,42,44-47H,3-4,7-10,15-17H2,1-2H3,(H2,33,34)/q+1/t24-,25+,28+,29+/m0/s1. The smallest absolute Gasteiger partial charge is 0.277 e. The quantitative estimate of drug-likeness (QED) is 0.0769. The van der Waals surface area contributed by atoms with Crippen LogP contribution in [0.2, 0.25) is 0 Å². The predicted molar refractivity (Wildman–Crippen MR) is 177 cm³/mol. The number of nitrogen functional groups attached to an aromatic ring is 1. The van der Waals surface area contributed by atoms with Crippen molar-refractivity contribution in [1.82, 2.24) is 29.2 Å². The van der Waals surface area contributed by atoms with Gasteiger partial charge in [-0.15, -0.1) is 0 Å². The van der Waals surface area contributed by atoms with Gasteiger partial charge >= 0.3 is 0 Å². The van der Waals surface area contributed by atoms with Gasteiger partial charge in [0, 0.05) is 31.4 Å². The summed E-state index contributed by atoms with van der Waals surface area (Å²) in [5.41, 5.74) is 10.1. The van der Waals surface area contributed by atoms with Gasteiger partial charge < -0.3 is 36.2 Å². The van der Waals surface area contributed by atoms with E-state index in [1.165, 1.54) is 11.1 Å². The molecule has 16 heteroatoms. The molecule has 5 rings (SSSR count). The minimum absolute atomic E-state index is 0.137. The van der Waals surface area contributed by atoms with E-state index in [-0.39, 0.29) is 30.8 Å². The highest BCUT2D eigenvalue weighted by Gasteiger charge is 2.32. The molecule has 1 amide bonds. The Morgan fingerprint density at radius 1 is 1.11 bits per heavy atom. The molecule has 47 heavy (non-hydrogen) atoms. The van der Waals surface area contributed by atoms with Gasteiger partial charge in [-0.3, -0.25) is 14.4 Å². The number of nitrogens with two attached hydrogens (primary N) is 1. The average Bonchev–Trinajstić information content (AvgIpc) is 3.69. The highest BCUT2D eigenvalue weighted by molar-refractivity contribution is 9.10. The fourth-order valence-electron chi connectivity index (χ4n) is 6.33. The third-order valence-electron chi connectivity index (χ3n) is 8.91. The number of benzene rings is 1. The number of rotatable bonds is 14. The van der Waals surface area contributed by atoms with Gasteiger partial charge in [-0.2, -0.15) is 5.10 Å². The van der Waals surface area contributed by atoms with E-state index in [1.807, 2.05) is 22.0 Å². The number of β-amino-alcohol motifs (C(OH)–C–C–N with tert-alkyl or cyclic N) is 1. The molecule has 3 aromatic heterocycles. The number of imidazole rings is 1. The van der Waals surface area contributed by atoms with E-state index >= 15 is 0 Å². The zero-order valence-corrected chi connectivity index (χ0v) is 28.1. The second-order valence-electron chi connectivity index (χ2n) is 11.8. The Kier molecular flexibility index (Phi) is 11.2. The minimum Gasteiger partial charge on any atom is -0.394 e. The van der Waals surface area contributed by atoms with Gasteiger partial charge in [-0.25, -0.2) is 19.1 Å². The Labute approximate surface area is 280 Å². The van der Waals surface area contributed by atoms with Crippen molar-refractivity contribution in [1.29, 1.82) is 0 Å². The number of aryl methyl sites for hydroxylation is 2. The number of hydrogen-bond acceptors (Lipinski definition) is 11. The molecule has 4 heterocycles. The minimum atomic E-state index is -1.63. The summed E-state index contributed by atoms with van der Waals surface area (Å²) in [6, 6.07) is 6.47. The molecule has 1 aliphatic rings. The molecule has 0 spiro atoms. The van der Waals surface area contributed by atoms with Crippen molar-refractivity contribution >= 4 is 45.0 Å². The molecule has 15 nitrogen and oxygen atoms in total. The lowest BCUT2D eigenvalue weighted by Gasteiger charge is -2.35. The van der Waals surface area contributed by atoms with Crippen LogP contribution in [0.3, 0.4) is 0 Å². The second kappa shape index (κ2) is 15.1. The van der Waals surface area contributed by atoms with Crippen LogP contribution in [0.4, 0.5) is 11.6 Å². The van der Waals surface area contributed by atoms with E-state index in [1.54, 1.807) is 0 Å². The van der Waals surface area contributed by atoms with Crippen molar-refractivity contribution in [3.8, 4) is 11.1 Å². The number of halogens is 1. The molecule has 0 aliphatic carbocycles. The molecule has 1 aliphatic heterocycles. The molecule has 1 aromatic carbocycles. The molecular weight excluding hydrogens is 674 g/mol. The molecule has 4 atom stereocenters. The first-order valence-corrected chi connectivity index (χ1v) is 16.5. The van der Waals surface area contributed by atoms with Gasteiger partial charge in [0.05, 0.1) is 44.2 Å². The average molecular weight is 718 g/mol. The summed E-state index contributed by atoms with van der Waals surface area (Å²) < 4.78 is 6.83. The number of likely N-dealkylation sites (tertiary alicyclic amines) is 1. The lowest BCUT2D eigenvalue weighted by molar-refractivity contribution is -0.676. The highest BCUT2D eigenvalue weighted by Crippen LogP contribution is 2.29. The summed E-state index contributed by atoms with van der Waals surface area (Å²) in [6.07, 6.45) is 1.68. The number of anilines is 2. The molecule has 254 valence electrons. The number of carbonyl (C=O) groups is 1. The number of carbonyl (C=O) groups excluding carboxylic acids is 1. The number of amides is 1. The van der Waals surface area contributed by atoms with Crippen LogP contribution in [-0.4, -0.2) is 112 Å². The van der Waals surface area contributed by atoms with E-state index in [0.717, 1.165) is 47.2 Å². The fraction of sp³-hybridized carbons (Fsp3) is 0.516. The van der Waals surface area contributed by atoms with Crippen molar-refractivity contribution in [3.63, 3.8) is 0 Å². The van der Waals surface area contributed by atoms with Crippen LogP contribution in [0.15, 0.2) is 41.4 Å². The van der Waals surface area contributed by atoms with Crippen LogP contribution in [0.25, 0.3) is 22.2 Å². The third kappa shape index (κ3) is 7.33. The number of hydrogen-bond donors (Lipinski definition) is 6. The Hall–Kier alpha value is -3.51. The number of aliphatic hydroxyl groups is 5. The zero-order chi connectivity index (χ0) is 33.8. The molecule has 4 aromatic rings. The second-order valence-corrected chi connectivity index (χ2v) is 12.6. The van der Waals surface area contributed by atoms with E-state index in [2.05, 4.69) is 72.2 Å². The van der Waals surface area contributed by atoms with E-state index in [0.29, 0.717) is 30.8 Å². The van der Waals surface area contributed by atoms with Crippen LogP contribution in [-0.2, 0) is 24.4 Å². The van der Waals surface area contributed by atoms with Gasteiger partial charge in [-0.1, -0.05) is 0 Å². The summed E-state index contributed by atoms with van der Waals surface area (Å²) in [5.74, 6) is 1.38. The van der Waals surface area contributed by atoms with Crippen molar-refractivity contribution in [2.75, 3.05) is 36.9 Å². The normalized spacial score (nSPS) is 17.1. The first kappa shape index (κ1) is 34.8. The topological polar surface area (TPSA) is 203 Å². The van der Waals surface area contributed by atoms with Crippen LogP contribution >= 0.6 is 15.9 Å². The Morgan fingerprint density at radius 3 is 2.49 bits per heavy atom. The Bertz CT molecular complexity index is 1670. The maximum Gasteiger partial charge on any atom is 0.277 e. The monoisotopic (exact) mass is 716 g/mol. The van der Waals surface area contributed by atoms with Crippen molar-refractivity contribution in [2.45, 2.75) is 76.8 Å². The predicted octanol–water partition coefficient (Wildman–Crippen LogP) is 0.203. The molecule has 0 bridgehead atoms. The summed E-state index contributed by atoms with van der Waals surface area (Å²) in [5, 5.41) is 53.7. The first-order chi connectivity index (χ1) is 22.6. The molecule has 1 saturated heterocycles. The number of aliphatic hydroxyl groups excluding tert-OH is 5. The first-order valence-electron chi connectivity index (χ1n) is 15.7. The van der Waals surface area contributed by atoms with E-state index in [4.69, 9.17) is 10.8 Å². The number of piperidine rings is 1. The summed E-state index contributed by atoms with van der Waals surface area (Å²) >= 11 is 3.32. The molecule has 1 fully saturated rings. The number of aromatic nitrogens is 6. The summed E-state index contributed by atoms with van der Waals surface area (Å²) in [4.78, 5) is 24.2. The highest BCUT2D eigenvalue weighted by atomic mass is 79.9.